The van der Waals surface area contributed by atoms with Crippen LogP contribution in [0.25, 0.3) is 0 Å². The van der Waals surface area contributed by atoms with Gasteiger partial charge in [0.25, 0.3) is 11.8 Å². The van der Waals surface area contributed by atoms with E-state index in [1.807, 2.05) is 23.6 Å². The number of amides is 4. The molecular formula is C38H29Cl2F3N4O6S. The summed E-state index contributed by atoms with van der Waals surface area (Å²) in [5.74, 6) is -7.20. The topological polar surface area (TPSA) is 129 Å². The van der Waals surface area contributed by atoms with E-state index in [0.717, 1.165) is 4.88 Å². The summed E-state index contributed by atoms with van der Waals surface area (Å²) in [7, 11) is 1.43. The van der Waals surface area contributed by atoms with E-state index >= 15 is 4.79 Å². The first kappa shape index (κ1) is 36.1. The molecule has 2 aliphatic heterocycles. The molecule has 278 valence electrons. The molecule has 4 amide bonds. The van der Waals surface area contributed by atoms with Gasteiger partial charge in [-0.1, -0.05) is 53.1 Å². The molecule has 2 N–H and O–H groups in total. The molecule has 3 fully saturated rings. The summed E-state index contributed by atoms with van der Waals surface area (Å²) in [6, 6.07) is 15.1. The van der Waals surface area contributed by atoms with Crippen LogP contribution < -0.4 is 10.2 Å². The minimum atomic E-state index is -4.76. The van der Waals surface area contributed by atoms with E-state index in [-0.39, 0.29) is 42.4 Å². The van der Waals surface area contributed by atoms with Gasteiger partial charge < -0.3 is 9.84 Å². The summed E-state index contributed by atoms with van der Waals surface area (Å²) >= 11 is 14.0. The number of imide groups is 2. The monoisotopic (exact) mass is 796 g/mol. The van der Waals surface area contributed by atoms with E-state index in [1.165, 1.54) is 35.5 Å². The quantitative estimate of drug-likeness (QED) is 0.147. The molecule has 6 atom stereocenters. The Morgan fingerprint density at radius 1 is 1.02 bits per heavy atom. The smallest absolute Gasteiger partial charge is 0.417 e. The third-order valence-corrected chi connectivity index (χ3v) is 12.5. The predicted octanol–water partition coefficient (Wildman–Crippen LogP) is 7.37. The molecule has 2 aliphatic carbocycles. The van der Waals surface area contributed by atoms with Crippen LogP contribution in [0.1, 0.15) is 40.3 Å². The molecule has 2 saturated heterocycles. The number of hydrogen-bond acceptors (Lipinski definition) is 9. The fraction of sp³-hybridized carbons (Fsp3) is 0.289. The number of likely N-dealkylation sites (tertiary alicyclic amines) is 1. The standard InChI is InChI=1S/C38H29Cl2F3N4O6S/c1-53-21-8-11-29(48)26(14-21)31-23-9-10-24-30(35(51)46(33(24)49)17-22-3-2-12-54-22)25(23)15-27-34(50)47(36(52)37(27,31)18-4-6-20(39)7-5-18)45-32-28(40)13-19(16-44-32)38(41,42)43/h2-9,11-14,16,24-25,27,30-31,48H,10,15,17H2,1H3,(H,44,45)/t24-,25+,27-,30-,31+,37+/m0/s1. The number of aromatic hydroxyl groups is 1. The Bertz CT molecular complexity index is 2250. The number of fused-ring (bicyclic) bond motifs is 4. The number of phenolic OH excluding ortho intramolecular Hbond substituents is 1. The number of carbonyl (C=O) groups excluding carboxylic acids is 4. The predicted molar refractivity (Wildman–Crippen MR) is 191 cm³/mol. The Balaban J connectivity index is 1.31. The van der Waals surface area contributed by atoms with Crippen molar-refractivity contribution >= 4 is 64.0 Å². The number of nitrogens with one attached hydrogen (secondary N) is 1. The van der Waals surface area contributed by atoms with E-state index in [4.69, 9.17) is 27.9 Å². The van der Waals surface area contributed by atoms with Crippen LogP contribution in [0.3, 0.4) is 0 Å². The molecule has 0 radical (unpaired) electrons. The van der Waals surface area contributed by atoms with Gasteiger partial charge in [-0.3, -0.25) is 29.5 Å². The minimum absolute atomic E-state index is 0.0559. The lowest BCUT2D eigenvalue weighted by Crippen LogP contribution is -2.53. The number of carbonyl (C=O) groups is 4. The second kappa shape index (κ2) is 13.1. The number of thiophene rings is 1. The molecule has 0 bridgehead atoms. The molecule has 2 aromatic carbocycles. The maximum absolute atomic E-state index is 15.3. The van der Waals surface area contributed by atoms with Crippen molar-refractivity contribution in [3.8, 4) is 11.5 Å². The molecule has 4 aromatic rings. The molecule has 54 heavy (non-hydrogen) atoms. The summed E-state index contributed by atoms with van der Waals surface area (Å²) in [6.07, 6.45) is -2.28. The van der Waals surface area contributed by atoms with E-state index in [0.29, 0.717) is 39.2 Å². The van der Waals surface area contributed by atoms with Crippen LogP contribution >= 0.6 is 34.5 Å². The highest BCUT2D eigenvalue weighted by Crippen LogP contribution is 2.65. The maximum Gasteiger partial charge on any atom is 0.417 e. The van der Waals surface area contributed by atoms with Gasteiger partial charge >= 0.3 is 6.18 Å². The lowest BCUT2D eigenvalue weighted by atomic mass is 9.49. The SMILES string of the molecule is COc1ccc(O)c([C@H]2C3=CC[C@@H]4C(=O)N(Cc5cccs5)C(=O)[C@@H]4[C@@H]3C[C@H]3C(=O)N(Nc4ncc(C(F)(F)F)cc4Cl)C(=O)[C@@]23c2ccc(Cl)cc2)c1. The minimum Gasteiger partial charge on any atom is -0.508 e. The van der Waals surface area contributed by atoms with Gasteiger partial charge in [0.05, 0.1) is 47.4 Å². The van der Waals surface area contributed by atoms with Gasteiger partial charge in [0.15, 0.2) is 5.82 Å². The first-order valence-corrected chi connectivity index (χ1v) is 18.5. The van der Waals surface area contributed by atoms with Crippen molar-refractivity contribution in [1.82, 2.24) is 14.9 Å². The highest BCUT2D eigenvalue weighted by molar-refractivity contribution is 7.09. The number of methoxy groups -OCH3 is 1. The molecule has 16 heteroatoms. The number of phenols is 1. The number of hydrazine groups is 1. The molecule has 4 aliphatic rings. The summed E-state index contributed by atoms with van der Waals surface area (Å²) in [5, 5.41) is 14.0. The largest absolute Gasteiger partial charge is 0.508 e. The van der Waals surface area contributed by atoms with Crippen LogP contribution in [0.4, 0.5) is 19.0 Å². The second-order valence-electron chi connectivity index (χ2n) is 13.7. The fourth-order valence-electron chi connectivity index (χ4n) is 8.80. The molecule has 0 unspecified atom stereocenters. The number of rotatable bonds is 7. The third kappa shape index (κ3) is 5.48. The zero-order valence-electron chi connectivity index (χ0n) is 28.1. The molecule has 8 rings (SSSR count). The van der Waals surface area contributed by atoms with E-state index in [2.05, 4.69) is 10.4 Å². The number of nitrogens with zero attached hydrogens (tertiary/aromatic N) is 3. The number of anilines is 1. The number of halogens is 5. The number of benzene rings is 2. The Morgan fingerprint density at radius 3 is 2.44 bits per heavy atom. The van der Waals surface area contributed by atoms with Crippen LogP contribution in [0.2, 0.25) is 10.0 Å². The molecule has 1 saturated carbocycles. The van der Waals surface area contributed by atoms with Crippen molar-refractivity contribution in [3.05, 3.63) is 116 Å². The van der Waals surface area contributed by atoms with Gasteiger partial charge in [0, 0.05) is 27.6 Å². The summed E-state index contributed by atoms with van der Waals surface area (Å²) in [5.41, 5.74) is 0.816. The van der Waals surface area contributed by atoms with Crippen LogP contribution in [-0.4, -0.2) is 50.7 Å². The molecule has 10 nitrogen and oxygen atoms in total. The van der Waals surface area contributed by atoms with Crippen molar-refractivity contribution in [3.63, 3.8) is 0 Å². The van der Waals surface area contributed by atoms with Gasteiger partial charge in [0.2, 0.25) is 11.8 Å². The Hall–Kier alpha value is -4.92. The summed E-state index contributed by atoms with van der Waals surface area (Å²) in [6.45, 7) is 0.0959. The third-order valence-electron chi connectivity index (χ3n) is 11.1. The average Bonchev–Trinajstić information content (AvgIpc) is 3.81. The van der Waals surface area contributed by atoms with Gasteiger partial charge in [0.1, 0.15) is 11.5 Å². The van der Waals surface area contributed by atoms with Crippen molar-refractivity contribution in [2.45, 2.75) is 36.9 Å². The Morgan fingerprint density at radius 2 is 1.78 bits per heavy atom. The van der Waals surface area contributed by atoms with Gasteiger partial charge in [-0.15, -0.1) is 11.3 Å². The van der Waals surface area contributed by atoms with E-state index in [9.17, 15) is 32.7 Å². The van der Waals surface area contributed by atoms with Crippen molar-refractivity contribution in [2.75, 3.05) is 12.5 Å². The first-order chi connectivity index (χ1) is 25.7. The normalized spacial score (nSPS) is 26.4. The van der Waals surface area contributed by atoms with E-state index < -0.39 is 69.5 Å². The molecular weight excluding hydrogens is 768 g/mol. The van der Waals surface area contributed by atoms with Crippen molar-refractivity contribution in [1.29, 1.82) is 0 Å². The van der Waals surface area contributed by atoms with Crippen molar-refractivity contribution in [2.24, 2.45) is 23.7 Å². The molecule has 0 spiro atoms. The van der Waals surface area contributed by atoms with Gasteiger partial charge in [-0.05, 0) is 72.2 Å². The van der Waals surface area contributed by atoms with Crippen LogP contribution in [0.5, 0.6) is 11.5 Å². The highest BCUT2D eigenvalue weighted by atomic mass is 35.5. The average molecular weight is 798 g/mol. The first-order valence-electron chi connectivity index (χ1n) is 16.8. The number of pyridine rings is 1. The number of ether oxygens (including phenoxy) is 1. The van der Waals surface area contributed by atoms with Crippen molar-refractivity contribution < 1.29 is 42.2 Å². The lowest BCUT2D eigenvalue weighted by molar-refractivity contribution is -0.142. The number of aromatic nitrogens is 1. The molecule has 4 heterocycles. The number of hydrogen-bond donors (Lipinski definition) is 2. The van der Waals surface area contributed by atoms with Crippen LogP contribution in [0.15, 0.2) is 83.9 Å². The summed E-state index contributed by atoms with van der Waals surface area (Å²) < 4.78 is 45.9. The van der Waals surface area contributed by atoms with E-state index in [1.54, 1.807) is 30.3 Å². The number of alkyl halides is 3. The van der Waals surface area contributed by atoms with Gasteiger partial charge in [-0.25, -0.2) is 4.98 Å². The van der Waals surface area contributed by atoms with Crippen LogP contribution in [0, 0.1) is 23.7 Å². The molecule has 2 aromatic heterocycles. The summed E-state index contributed by atoms with van der Waals surface area (Å²) in [4.78, 5) is 64.2. The zero-order valence-corrected chi connectivity index (χ0v) is 30.5. The lowest BCUT2D eigenvalue weighted by Gasteiger charge is -2.50. The Kier molecular flexibility index (Phi) is 8.77. The highest BCUT2D eigenvalue weighted by Gasteiger charge is 2.70. The maximum atomic E-state index is 15.3. The zero-order chi connectivity index (χ0) is 38.3. The van der Waals surface area contributed by atoms with Gasteiger partial charge in [-0.2, -0.15) is 18.2 Å². The number of allylic oxidation sites excluding steroid dienone is 2. The fourth-order valence-corrected chi connectivity index (χ4v) is 9.82. The Labute approximate surface area is 320 Å². The van der Waals surface area contributed by atoms with Crippen LogP contribution in [-0.2, 0) is 37.3 Å². The second-order valence-corrected chi connectivity index (χ2v) is 15.6.